The zero-order valence-electron chi connectivity index (χ0n) is 10.9. The number of amides is 1. The molecule has 0 spiro atoms. The first-order valence-electron chi connectivity index (χ1n) is 6.81. The van der Waals surface area contributed by atoms with Gasteiger partial charge < -0.3 is 10.1 Å². The molecular weight excluding hydrogens is 226 g/mol. The molecule has 1 aliphatic rings. The first-order chi connectivity index (χ1) is 8.79. The summed E-state index contributed by atoms with van der Waals surface area (Å²) in [7, 11) is 0. The molecule has 3 nitrogen and oxygen atoms in total. The van der Waals surface area contributed by atoms with Crippen LogP contribution in [-0.4, -0.2) is 18.6 Å². The van der Waals surface area contributed by atoms with Gasteiger partial charge in [-0.3, -0.25) is 4.79 Å². The van der Waals surface area contributed by atoms with E-state index in [9.17, 15) is 4.79 Å². The van der Waals surface area contributed by atoms with Crippen molar-refractivity contribution in [3.63, 3.8) is 0 Å². The van der Waals surface area contributed by atoms with Gasteiger partial charge in [0.1, 0.15) is 6.10 Å². The maximum atomic E-state index is 11.8. The average Bonchev–Trinajstić information content (AvgIpc) is 2.92. The third-order valence-corrected chi connectivity index (χ3v) is 3.26. The van der Waals surface area contributed by atoms with Gasteiger partial charge in [0, 0.05) is 12.3 Å². The predicted octanol–water partition coefficient (Wildman–Crippen LogP) is 3.15. The zero-order chi connectivity index (χ0) is 12.8. The van der Waals surface area contributed by atoms with Crippen molar-refractivity contribution in [1.29, 1.82) is 0 Å². The summed E-state index contributed by atoms with van der Waals surface area (Å²) >= 11 is 0. The molecule has 1 fully saturated rings. The number of hydrogen-bond acceptors (Lipinski definition) is 2. The maximum absolute atomic E-state index is 11.8. The molecule has 2 rings (SSSR count). The number of rotatable bonds is 5. The highest BCUT2D eigenvalue weighted by atomic mass is 16.5. The molecule has 1 atom stereocenters. The Labute approximate surface area is 109 Å². The molecule has 1 heterocycles. The summed E-state index contributed by atoms with van der Waals surface area (Å²) in [6, 6.07) is 8.11. The van der Waals surface area contributed by atoms with Gasteiger partial charge in [0.05, 0.1) is 0 Å². The Morgan fingerprint density at radius 3 is 2.78 bits per heavy atom. The predicted molar refractivity (Wildman–Crippen MR) is 72.7 cm³/mol. The van der Waals surface area contributed by atoms with Crippen LogP contribution < -0.4 is 5.32 Å². The molecule has 1 aromatic carbocycles. The van der Waals surface area contributed by atoms with Gasteiger partial charge >= 0.3 is 0 Å². The second kappa shape index (κ2) is 6.55. The monoisotopic (exact) mass is 247 g/mol. The molecule has 18 heavy (non-hydrogen) atoms. The van der Waals surface area contributed by atoms with Gasteiger partial charge in [-0.1, -0.05) is 25.5 Å². The Hall–Kier alpha value is -1.35. The van der Waals surface area contributed by atoms with Crippen molar-refractivity contribution >= 4 is 11.6 Å². The normalized spacial score (nSPS) is 18.8. The standard InChI is InChI=1S/C15H21NO2/c1-2-3-5-12-7-9-13(10-8-12)16-15(17)14-6-4-11-18-14/h7-10,14H,2-6,11H2,1H3,(H,16,17)/t14-/m1/s1. The Kier molecular flexibility index (Phi) is 4.76. The number of hydrogen-bond donors (Lipinski definition) is 1. The molecule has 0 unspecified atom stereocenters. The quantitative estimate of drug-likeness (QED) is 0.868. The van der Waals surface area contributed by atoms with E-state index in [-0.39, 0.29) is 12.0 Å². The zero-order valence-corrected chi connectivity index (χ0v) is 10.9. The molecule has 0 aromatic heterocycles. The van der Waals surface area contributed by atoms with Crippen molar-refractivity contribution in [1.82, 2.24) is 0 Å². The lowest BCUT2D eigenvalue weighted by Crippen LogP contribution is -2.26. The van der Waals surface area contributed by atoms with Crippen LogP contribution in [0.1, 0.15) is 38.2 Å². The minimum atomic E-state index is -0.259. The lowest BCUT2D eigenvalue weighted by molar-refractivity contribution is -0.124. The molecule has 0 saturated carbocycles. The number of anilines is 1. The fourth-order valence-electron chi connectivity index (χ4n) is 2.14. The Bertz CT molecular complexity index is 380. The molecule has 98 valence electrons. The largest absolute Gasteiger partial charge is 0.368 e. The van der Waals surface area contributed by atoms with Crippen molar-refractivity contribution in [2.75, 3.05) is 11.9 Å². The lowest BCUT2D eigenvalue weighted by Gasteiger charge is -2.10. The van der Waals surface area contributed by atoms with Crippen molar-refractivity contribution in [3.05, 3.63) is 29.8 Å². The SMILES string of the molecule is CCCCc1ccc(NC(=O)[C@H]2CCCO2)cc1. The van der Waals surface area contributed by atoms with Crippen LogP contribution in [0.2, 0.25) is 0 Å². The summed E-state index contributed by atoms with van der Waals surface area (Å²) in [5.41, 5.74) is 2.18. The summed E-state index contributed by atoms with van der Waals surface area (Å²) in [6.45, 7) is 2.89. The Morgan fingerprint density at radius 2 is 2.17 bits per heavy atom. The van der Waals surface area contributed by atoms with Crippen LogP contribution >= 0.6 is 0 Å². The van der Waals surface area contributed by atoms with E-state index >= 15 is 0 Å². The third kappa shape index (κ3) is 3.57. The van der Waals surface area contributed by atoms with Crippen molar-refractivity contribution < 1.29 is 9.53 Å². The van der Waals surface area contributed by atoms with Crippen LogP contribution in [0.3, 0.4) is 0 Å². The molecule has 0 aliphatic carbocycles. The molecule has 0 bridgehead atoms. The molecule has 1 aromatic rings. The molecule has 0 radical (unpaired) electrons. The number of carbonyl (C=O) groups excluding carboxylic acids is 1. The highest BCUT2D eigenvalue weighted by molar-refractivity contribution is 5.94. The number of unbranched alkanes of at least 4 members (excludes halogenated alkanes) is 1. The van der Waals surface area contributed by atoms with Crippen LogP contribution in [0.4, 0.5) is 5.69 Å². The van der Waals surface area contributed by atoms with E-state index in [0.29, 0.717) is 6.61 Å². The highest BCUT2D eigenvalue weighted by Gasteiger charge is 2.23. The number of nitrogens with one attached hydrogen (secondary N) is 1. The van der Waals surface area contributed by atoms with Crippen LogP contribution in [-0.2, 0) is 16.0 Å². The first-order valence-corrected chi connectivity index (χ1v) is 6.81. The van der Waals surface area contributed by atoms with Gasteiger partial charge in [-0.2, -0.15) is 0 Å². The Morgan fingerprint density at radius 1 is 1.39 bits per heavy atom. The molecule has 1 aliphatic heterocycles. The lowest BCUT2D eigenvalue weighted by atomic mass is 10.1. The van der Waals surface area contributed by atoms with E-state index in [2.05, 4.69) is 24.4 Å². The summed E-state index contributed by atoms with van der Waals surface area (Å²) in [5.74, 6) is -0.0196. The van der Waals surface area contributed by atoms with Crippen LogP contribution in [0.5, 0.6) is 0 Å². The minimum absolute atomic E-state index is 0.0196. The molecule has 1 N–H and O–H groups in total. The Balaban J connectivity index is 1.87. The number of aryl methyl sites for hydroxylation is 1. The van der Waals surface area contributed by atoms with E-state index in [4.69, 9.17) is 4.74 Å². The van der Waals surface area contributed by atoms with Gasteiger partial charge in [0.15, 0.2) is 0 Å². The molecule has 1 amide bonds. The topological polar surface area (TPSA) is 38.3 Å². The van der Waals surface area contributed by atoms with Gasteiger partial charge in [-0.25, -0.2) is 0 Å². The molecular formula is C15H21NO2. The number of benzene rings is 1. The first kappa shape index (κ1) is 13.1. The summed E-state index contributed by atoms with van der Waals surface area (Å²) in [5, 5.41) is 2.90. The van der Waals surface area contributed by atoms with Crippen molar-refractivity contribution in [2.24, 2.45) is 0 Å². The van der Waals surface area contributed by atoms with Crippen molar-refractivity contribution in [3.8, 4) is 0 Å². The van der Waals surface area contributed by atoms with Gasteiger partial charge in [0.25, 0.3) is 5.91 Å². The minimum Gasteiger partial charge on any atom is -0.368 e. The fourth-order valence-corrected chi connectivity index (χ4v) is 2.14. The third-order valence-electron chi connectivity index (χ3n) is 3.26. The van der Waals surface area contributed by atoms with Gasteiger partial charge in [-0.05, 0) is 43.4 Å². The van der Waals surface area contributed by atoms with E-state index in [1.54, 1.807) is 0 Å². The summed E-state index contributed by atoms with van der Waals surface area (Å²) < 4.78 is 5.35. The van der Waals surface area contributed by atoms with Crippen LogP contribution in [0.25, 0.3) is 0 Å². The average molecular weight is 247 g/mol. The van der Waals surface area contributed by atoms with E-state index in [1.807, 2.05) is 12.1 Å². The fraction of sp³-hybridized carbons (Fsp3) is 0.533. The second-order valence-electron chi connectivity index (χ2n) is 4.79. The molecule has 1 saturated heterocycles. The second-order valence-corrected chi connectivity index (χ2v) is 4.79. The number of ether oxygens (including phenoxy) is 1. The van der Waals surface area contributed by atoms with Gasteiger partial charge in [0.2, 0.25) is 0 Å². The van der Waals surface area contributed by atoms with Gasteiger partial charge in [-0.15, -0.1) is 0 Å². The molecule has 3 heteroatoms. The van der Waals surface area contributed by atoms with Crippen molar-refractivity contribution in [2.45, 2.75) is 45.1 Å². The van der Waals surface area contributed by atoms with E-state index in [0.717, 1.165) is 24.9 Å². The van der Waals surface area contributed by atoms with E-state index < -0.39 is 0 Å². The van der Waals surface area contributed by atoms with E-state index in [1.165, 1.54) is 18.4 Å². The maximum Gasteiger partial charge on any atom is 0.253 e. The number of carbonyl (C=O) groups is 1. The van der Waals surface area contributed by atoms with Crippen LogP contribution in [0.15, 0.2) is 24.3 Å². The smallest absolute Gasteiger partial charge is 0.253 e. The summed E-state index contributed by atoms with van der Waals surface area (Å²) in [4.78, 5) is 11.8. The highest BCUT2D eigenvalue weighted by Crippen LogP contribution is 2.16. The van der Waals surface area contributed by atoms with Crippen LogP contribution in [0, 0.1) is 0 Å². The summed E-state index contributed by atoms with van der Waals surface area (Å²) in [6.07, 6.45) is 5.08.